The van der Waals surface area contributed by atoms with Gasteiger partial charge in [0.15, 0.2) is 5.41 Å². The number of hydrogen-bond donors (Lipinski definition) is 1. The van der Waals surface area contributed by atoms with E-state index in [4.69, 9.17) is 4.74 Å². The van der Waals surface area contributed by atoms with Crippen molar-refractivity contribution in [3.8, 4) is 0 Å². The molecule has 0 aliphatic carbocycles. The Morgan fingerprint density at radius 1 is 1.35 bits per heavy atom. The van der Waals surface area contributed by atoms with E-state index in [1.807, 2.05) is 29.6 Å². The number of benzene rings is 1. The minimum atomic E-state index is -1.56. The third-order valence-electron chi connectivity index (χ3n) is 3.30. The molecule has 0 radical (unpaired) electrons. The first kappa shape index (κ1) is 14.5. The van der Waals surface area contributed by atoms with E-state index in [9.17, 15) is 14.7 Å². The number of rotatable bonds is 5. The fourth-order valence-corrected chi connectivity index (χ4v) is 3.04. The van der Waals surface area contributed by atoms with Gasteiger partial charge in [0.05, 0.1) is 6.61 Å². The van der Waals surface area contributed by atoms with Crippen LogP contribution in [0.1, 0.15) is 19.4 Å². The molecular weight excluding hydrogens is 276 g/mol. The topological polar surface area (TPSA) is 63.6 Å². The Bertz CT molecular complexity index is 646. The largest absolute Gasteiger partial charge is 0.480 e. The maximum atomic E-state index is 12.0. The highest BCUT2D eigenvalue weighted by Crippen LogP contribution is 2.32. The van der Waals surface area contributed by atoms with Crippen LogP contribution < -0.4 is 0 Å². The predicted molar refractivity (Wildman–Crippen MR) is 77.9 cm³/mol. The van der Waals surface area contributed by atoms with Crippen LogP contribution in [0.15, 0.2) is 29.6 Å². The van der Waals surface area contributed by atoms with Gasteiger partial charge < -0.3 is 9.84 Å². The summed E-state index contributed by atoms with van der Waals surface area (Å²) in [5, 5.41) is 12.3. The highest BCUT2D eigenvalue weighted by Gasteiger charge is 2.43. The molecule has 5 heteroatoms. The maximum absolute atomic E-state index is 12.0. The summed E-state index contributed by atoms with van der Waals surface area (Å²) in [5.41, 5.74) is -0.691. The number of hydrogen-bond acceptors (Lipinski definition) is 4. The highest BCUT2D eigenvalue weighted by molar-refractivity contribution is 7.17. The van der Waals surface area contributed by atoms with E-state index < -0.39 is 17.4 Å². The van der Waals surface area contributed by atoms with Crippen LogP contribution in [0.3, 0.4) is 0 Å². The number of aliphatic carboxylic acids is 1. The average molecular weight is 292 g/mol. The summed E-state index contributed by atoms with van der Waals surface area (Å²) < 4.78 is 6.00. The van der Waals surface area contributed by atoms with Gasteiger partial charge in [0.25, 0.3) is 0 Å². The number of thiophene rings is 1. The van der Waals surface area contributed by atoms with E-state index in [0.29, 0.717) is 0 Å². The van der Waals surface area contributed by atoms with Crippen LogP contribution in [0.5, 0.6) is 0 Å². The smallest absolute Gasteiger partial charge is 0.323 e. The van der Waals surface area contributed by atoms with Gasteiger partial charge in [0.1, 0.15) is 0 Å². The molecule has 1 N–H and O–H groups in total. The van der Waals surface area contributed by atoms with Crippen molar-refractivity contribution in [1.29, 1.82) is 0 Å². The van der Waals surface area contributed by atoms with Gasteiger partial charge in [0.2, 0.25) is 0 Å². The zero-order valence-corrected chi connectivity index (χ0v) is 12.2. The lowest BCUT2D eigenvalue weighted by Gasteiger charge is -2.22. The standard InChI is InChI=1S/C15H16O4S/c1-3-19-14(18)15(2,13(16)17)8-10-9-20-12-7-5-4-6-11(10)12/h4-7,9H,3,8H2,1-2H3,(H,16,17). The fourth-order valence-electron chi connectivity index (χ4n) is 2.08. The molecule has 1 atom stereocenters. The summed E-state index contributed by atoms with van der Waals surface area (Å²) in [7, 11) is 0. The summed E-state index contributed by atoms with van der Waals surface area (Å²) in [4.78, 5) is 23.5. The second-order valence-electron chi connectivity index (χ2n) is 4.79. The van der Waals surface area contributed by atoms with Crippen LogP contribution in [-0.2, 0) is 20.7 Å². The Kier molecular flexibility index (Phi) is 4.09. The van der Waals surface area contributed by atoms with Crippen molar-refractivity contribution in [3.05, 3.63) is 35.2 Å². The molecule has 0 aliphatic rings. The minimum Gasteiger partial charge on any atom is -0.480 e. The normalized spacial score (nSPS) is 13.9. The molecule has 0 saturated carbocycles. The van der Waals surface area contributed by atoms with Gasteiger partial charge in [-0.15, -0.1) is 11.3 Å². The van der Waals surface area contributed by atoms with Crippen molar-refractivity contribution in [1.82, 2.24) is 0 Å². The molecule has 0 spiro atoms. The van der Waals surface area contributed by atoms with E-state index in [1.54, 1.807) is 18.3 Å². The van der Waals surface area contributed by atoms with Crippen molar-refractivity contribution in [2.75, 3.05) is 6.61 Å². The molecule has 1 aromatic heterocycles. The van der Waals surface area contributed by atoms with Gasteiger partial charge >= 0.3 is 11.9 Å². The predicted octanol–water partition coefficient (Wildman–Crippen LogP) is 3.10. The van der Waals surface area contributed by atoms with Gasteiger partial charge in [-0.05, 0) is 36.2 Å². The van der Waals surface area contributed by atoms with E-state index in [-0.39, 0.29) is 13.0 Å². The Morgan fingerprint density at radius 3 is 2.70 bits per heavy atom. The van der Waals surface area contributed by atoms with Crippen LogP contribution >= 0.6 is 11.3 Å². The number of esters is 1. The summed E-state index contributed by atoms with van der Waals surface area (Å²) in [5.74, 6) is -1.85. The molecule has 0 bridgehead atoms. The van der Waals surface area contributed by atoms with E-state index in [0.717, 1.165) is 15.6 Å². The molecule has 0 amide bonds. The number of carboxylic acids is 1. The molecule has 1 unspecified atom stereocenters. The second-order valence-corrected chi connectivity index (χ2v) is 5.70. The SMILES string of the molecule is CCOC(=O)C(C)(Cc1csc2ccccc12)C(=O)O. The quantitative estimate of drug-likeness (QED) is 0.679. The molecule has 20 heavy (non-hydrogen) atoms. The van der Waals surface area contributed by atoms with Crippen LogP contribution in [-0.4, -0.2) is 23.7 Å². The van der Waals surface area contributed by atoms with Crippen LogP contribution in [0.25, 0.3) is 10.1 Å². The number of carboxylic acid groups (broad SMARTS) is 1. The molecule has 0 saturated heterocycles. The number of carbonyl (C=O) groups is 2. The Balaban J connectivity index is 2.38. The third kappa shape index (κ3) is 2.54. The zero-order valence-electron chi connectivity index (χ0n) is 11.4. The number of fused-ring (bicyclic) bond motifs is 1. The van der Waals surface area contributed by atoms with Gasteiger partial charge in [-0.25, -0.2) is 0 Å². The second kappa shape index (κ2) is 5.63. The van der Waals surface area contributed by atoms with E-state index in [1.165, 1.54) is 6.92 Å². The van der Waals surface area contributed by atoms with Crippen LogP contribution in [0, 0.1) is 5.41 Å². The van der Waals surface area contributed by atoms with E-state index >= 15 is 0 Å². The van der Waals surface area contributed by atoms with Gasteiger partial charge in [-0.2, -0.15) is 0 Å². The Hall–Kier alpha value is -1.88. The summed E-state index contributed by atoms with van der Waals surface area (Å²) >= 11 is 1.55. The van der Waals surface area contributed by atoms with E-state index in [2.05, 4.69) is 0 Å². The Labute approximate surface area is 121 Å². The highest BCUT2D eigenvalue weighted by atomic mass is 32.1. The number of carbonyl (C=O) groups excluding carboxylic acids is 1. The van der Waals surface area contributed by atoms with Gasteiger partial charge in [-0.3, -0.25) is 9.59 Å². The third-order valence-corrected chi connectivity index (χ3v) is 4.32. The van der Waals surface area contributed by atoms with Crippen molar-refractivity contribution >= 4 is 33.4 Å². The molecular formula is C15H16O4S. The first-order valence-corrected chi connectivity index (χ1v) is 7.22. The first-order valence-electron chi connectivity index (χ1n) is 6.34. The van der Waals surface area contributed by atoms with Crippen molar-refractivity contribution in [2.45, 2.75) is 20.3 Å². The van der Waals surface area contributed by atoms with Crippen LogP contribution in [0.4, 0.5) is 0 Å². The minimum absolute atomic E-state index is 0.130. The summed E-state index contributed by atoms with van der Waals surface area (Å²) in [6.45, 7) is 3.26. The lowest BCUT2D eigenvalue weighted by molar-refractivity contribution is -0.167. The summed E-state index contributed by atoms with van der Waals surface area (Å²) in [6.07, 6.45) is 0.130. The molecule has 4 nitrogen and oxygen atoms in total. The Morgan fingerprint density at radius 2 is 2.05 bits per heavy atom. The number of ether oxygens (including phenoxy) is 1. The molecule has 1 aromatic carbocycles. The maximum Gasteiger partial charge on any atom is 0.323 e. The first-order chi connectivity index (χ1) is 9.49. The van der Waals surface area contributed by atoms with Gasteiger partial charge in [-0.1, -0.05) is 18.2 Å². The van der Waals surface area contributed by atoms with Crippen LogP contribution in [0.2, 0.25) is 0 Å². The molecule has 106 valence electrons. The molecule has 2 rings (SSSR count). The zero-order chi connectivity index (χ0) is 14.8. The average Bonchev–Trinajstić information content (AvgIpc) is 2.82. The lowest BCUT2D eigenvalue weighted by Crippen LogP contribution is -2.39. The molecule has 0 aliphatic heterocycles. The molecule has 1 heterocycles. The summed E-state index contributed by atoms with van der Waals surface area (Å²) in [6, 6.07) is 7.76. The fraction of sp³-hybridized carbons (Fsp3) is 0.333. The molecule has 2 aromatic rings. The van der Waals surface area contributed by atoms with Crippen molar-refractivity contribution in [2.24, 2.45) is 5.41 Å². The molecule has 0 fully saturated rings. The van der Waals surface area contributed by atoms with Gasteiger partial charge in [0, 0.05) is 11.1 Å². The monoisotopic (exact) mass is 292 g/mol. The van der Waals surface area contributed by atoms with Crippen molar-refractivity contribution in [3.63, 3.8) is 0 Å². The van der Waals surface area contributed by atoms with Crippen molar-refractivity contribution < 1.29 is 19.4 Å². The lowest BCUT2D eigenvalue weighted by atomic mass is 9.83.